The molecule has 96 valence electrons. The predicted molar refractivity (Wildman–Crippen MR) is 74.7 cm³/mol. The van der Waals surface area contributed by atoms with E-state index in [1.165, 1.54) is 6.42 Å². The summed E-state index contributed by atoms with van der Waals surface area (Å²) in [6.07, 6.45) is 3.05. The Morgan fingerprint density at radius 1 is 1.53 bits per heavy atom. The minimum atomic E-state index is 0.648. The van der Waals surface area contributed by atoms with E-state index in [0.717, 1.165) is 29.5 Å². The zero-order chi connectivity index (χ0) is 12.8. The first-order chi connectivity index (χ1) is 8.08. The Kier molecular flexibility index (Phi) is 5.72. The van der Waals surface area contributed by atoms with Crippen molar-refractivity contribution in [3.05, 3.63) is 22.8 Å². The zero-order valence-corrected chi connectivity index (χ0v) is 11.9. The third kappa shape index (κ3) is 4.17. The van der Waals surface area contributed by atoms with Crippen LogP contribution in [0.3, 0.4) is 0 Å². The average molecular weight is 256 g/mol. The molecule has 4 heteroatoms. The molecule has 0 aliphatic rings. The topological polar surface area (TPSA) is 28.2 Å². The normalized spacial score (nSPS) is 12.5. The molecule has 0 spiro atoms. The lowest BCUT2D eigenvalue weighted by molar-refractivity contribution is 0.557. The number of pyridine rings is 1. The first kappa shape index (κ1) is 14.3. The van der Waals surface area contributed by atoms with Crippen molar-refractivity contribution in [3.8, 4) is 0 Å². The minimum absolute atomic E-state index is 0.648. The van der Waals surface area contributed by atoms with E-state index in [-0.39, 0.29) is 0 Å². The Hall–Kier alpha value is -0.800. The van der Waals surface area contributed by atoms with Crippen molar-refractivity contribution >= 4 is 17.4 Å². The fourth-order valence-electron chi connectivity index (χ4n) is 1.74. The van der Waals surface area contributed by atoms with E-state index in [1.54, 1.807) is 0 Å². The summed E-state index contributed by atoms with van der Waals surface area (Å²) in [4.78, 5) is 6.56. The molecule has 0 saturated carbocycles. The molecule has 1 N–H and O–H groups in total. The molecule has 3 nitrogen and oxygen atoms in total. The first-order valence-electron chi connectivity index (χ1n) is 6.08. The molecule has 17 heavy (non-hydrogen) atoms. The number of rotatable bonds is 6. The van der Waals surface area contributed by atoms with Crippen LogP contribution in [0.15, 0.2) is 12.3 Å². The molecule has 0 aliphatic carbocycles. The molecule has 1 aromatic heterocycles. The van der Waals surface area contributed by atoms with E-state index in [9.17, 15) is 0 Å². The molecule has 1 rings (SSSR count). The van der Waals surface area contributed by atoms with Gasteiger partial charge in [0.1, 0.15) is 5.82 Å². The standard InChI is InChI=1S/C13H22ClN3/c1-5-10(2)9-17(4)13-12(14)6-11(7-15-3)8-16-13/h6,8,10,15H,5,7,9H2,1-4H3. The molecule has 1 unspecified atom stereocenters. The van der Waals surface area contributed by atoms with Gasteiger partial charge in [0.05, 0.1) is 5.02 Å². The van der Waals surface area contributed by atoms with Crippen LogP contribution in [0.2, 0.25) is 5.02 Å². The van der Waals surface area contributed by atoms with Crippen LogP contribution in [0, 0.1) is 5.92 Å². The second-order valence-corrected chi connectivity index (χ2v) is 4.98. The number of aromatic nitrogens is 1. The fourth-order valence-corrected chi connectivity index (χ4v) is 2.07. The SMILES string of the molecule is CCC(C)CN(C)c1ncc(CNC)cc1Cl. The van der Waals surface area contributed by atoms with Crippen molar-refractivity contribution < 1.29 is 0 Å². The van der Waals surface area contributed by atoms with Crippen molar-refractivity contribution in [1.82, 2.24) is 10.3 Å². The number of halogens is 1. The van der Waals surface area contributed by atoms with E-state index >= 15 is 0 Å². The molecule has 0 radical (unpaired) electrons. The lowest BCUT2D eigenvalue weighted by Crippen LogP contribution is -2.25. The van der Waals surface area contributed by atoms with Crippen molar-refractivity contribution in [1.29, 1.82) is 0 Å². The molecule has 1 heterocycles. The van der Waals surface area contributed by atoms with Gasteiger partial charge in [-0.05, 0) is 24.6 Å². The second-order valence-electron chi connectivity index (χ2n) is 4.57. The molecular weight excluding hydrogens is 234 g/mol. The van der Waals surface area contributed by atoms with Crippen LogP contribution < -0.4 is 10.2 Å². The number of nitrogens with zero attached hydrogens (tertiary/aromatic N) is 2. The fraction of sp³-hybridized carbons (Fsp3) is 0.615. The van der Waals surface area contributed by atoms with Crippen LogP contribution in [0.1, 0.15) is 25.8 Å². The molecule has 0 fully saturated rings. The number of hydrogen-bond donors (Lipinski definition) is 1. The Morgan fingerprint density at radius 3 is 2.76 bits per heavy atom. The predicted octanol–water partition coefficient (Wildman–Crippen LogP) is 2.94. The van der Waals surface area contributed by atoms with Crippen LogP contribution in [0.25, 0.3) is 0 Å². The lowest BCUT2D eigenvalue weighted by Gasteiger charge is -2.22. The minimum Gasteiger partial charge on any atom is -0.358 e. The summed E-state index contributed by atoms with van der Waals surface area (Å²) in [5.41, 5.74) is 1.11. The third-order valence-electron chi connectivity index (χ3n) is 2.90. The van der Waals surface area contributed by atoms with Gasteiger partial charge in [0.2, 0.25) is 0 Å². The summed E-state index contributed by atoms with van der Waals surface area (Å²) in [6.45, 7) is 6.21. The van der Waals surface area contributed by atoms with Crippen LogP contribution >= 0.6 is 11.6 Å². The van der Waals surface area contributed by atoms with Crippen molar-refractivity contribution in [2.75, 3.05) is 25.5 Å². The van der Waals surface area contributed by atoms with E-state index < -0.39 is 0 Å². The molecule has 0 saturated heterocycles. The summed E-state index contributed by atoms with van der Waals surface area (Å²) in [5, 5.41) is 3.81. The first-order valence-corrected chi connectivity index (χ1v) is 6.46. The summed E-state index contributed by atoms with van der Waals surface area (Å²) < 4.78 is 0. The Bertz CT molecular complexity index is 355. The van der Waals surface area contributed by atoms with Gasteiger partial charge in [-0.2, -0.15) is 0 Å². The van der Waals surface area contributed by atoms with Gasteiger partial charge >= 0.3 is 0 Å². The van der Waals surface area contributed by atoms with Gasteiger partial charge in [-0.3, -0.25) is 0 Å². The Morgan fingerprint density at radius 2 is 2.24 bits per heavy atom. The number of hydrogen-bond acceptors (Lipinski definition) is 3. The van der Waals surface area contributed by atoms with Gasteiger partial charge in [-0.1, -0.05) is 31.9 Å². The van der Waals surface area contributed by atoms with Crippen LogP contribution in [0.5, 0.6) is 0 Å². The summed E-state index contributed by atoms with van der Waals surface area (Å²) >= 11 is 6.25. The molecular formula is C13H22ClN3. The highest BCUT2D eigenvalue weighted by molar-refractivity contribution is 6.33. The smallest absolute Gasteiger partial charge is 0.147 e. The maximum atomic E-state index is 6.25. The molecule has 1 atom stereocenters. The van der Waals surface area contributed by atoms with Gasteiger partial charge in [0, 0.05) is 26.3 Å². The molecule has 1 aromatic rings. The molecule has 0 amide bonds. The van der Waals surface area contributed by atoms with E-state index in [4.69, 9.17) is 11.6 Å². The number of anilines is 1. The third-order valence-corrected chi connectivity index (χ3v) is 3.18. The summed E-state index contributed by atoms with van der Waals surface area (Å²) in [6, 6.07) is 1.98. The van der Waals surface area contributed by atoms with Gasteiger partial charge in [0.25, 0.3) is 0 Å². The van der Waals surface area contributed by atoms with Gasteiger partial charge in [-0.15, -0.1) is 0 Å². The van der Waals surface area contributed by atoms with Crippen LogP contribution in [-0.2, 0) is 6.54 Å². The van der Waals surface area contributed by atoms with Gasteiger partial charge < -0.3 is 10.2 Å². The van der Waals surface area contributed by atoms with Crippen molar-refractivity contribution in [2.45, 2.75) is 26.8 Å². The largest absolute Gasteiger partial charge is 0.358 e. The maximum Gasteiger partial charge on any atom is 0.147 e. The Balaban J connectivity index is 2.77. The van der Waals surface area contributed by atoms with Crippen LogP contribution in [-0.4, -0.2) is 25.6 Å². The second kappa shape index (κ2) is 6.82. The number of nitrogens with one attached hydrogen (secondary N) is 1. The zero-order valence-electron chi connectivity index (χ0n) is 11.1. The summed E-state index contributed by atoms with van der Waals surface area (Å²) in [7, 11) is 3.95. The average Bonchev–Trinajstić information content (AvgIpc) is 2.29. The Labute approximate surface area is 109 Å². The van der Waals surface area contributed by atoms with E-state index in [0.29, 0.717) is 5.92 Å². The quantitative estimate of drug-likeness (QED) is 0.847. The van der Waals surface area contributed by atoms with Gasteiger partial charge in [-0.25, -0.2) is 4.98 Å². The highest BCUT2D eigenvalue weighted by Crippen LogP contribution is 2.24. The maximum absolute atomic E-state index is 6.25. The summed E-state index contributed by atoms with van der Waals surface area (Å²) in [5.74, 6) is 1.52. The monoisotopic (exact) mass is 255 g/mol. The van der Waals surface area contributed by atoms with Crippen molar-refractivity contribution in [3.63, 3.8) is 0 Å². The van der Waals surface area contributed by atoms with Crippen LogP contribution in [0.4, 0.5) is 5.82 Å². The lowest BCUT2D eigenvalue weighted by atomic mass is 10.1. The molecule has 0 bridgehead atoms. The van der Waals surface area contributed by atoms with Crippen molar-refractivity contribution in [2.24, 2.45) is 5.92 Å². The van der Waals surface area contributed by atoms with E-state index in [2.05, 4.69) is 29.0 Å². The molecule has 0 aromatic carbocycles. The highest BCUT2D eigenvalue weighted by atomic mass is 35.5. The van der Waals surface area contributed by atoms with E-state index in [1.807, 2.05) is 26.4 Å². The molecule has 0 aliphatic heterocycles. The van der Waals surface area contributed by atoms with Gasteiger partial charge in [0.15, 0.2) is 0 Å². The highest BCUT2D eigenvalue weighted by Gasteiger charge is 2.11.